The van der Waals surface area contributed by atoms with E-state index < -0.39 is 10.0 Å². The molecule has 0 spiro atoms. The number of nitrogens with two attached hydrogens (primary N) is 1. The largest absolute Gasteiger partial charge is 0.456 e. The zero-order chi connectivity index (χ0) is 21.0. The lowest BCUT2D eigenvalue weighted by molar-refractivity contribution is -0.115. The number of carbonyl (C=O) groups excluding carboxylic acids is 1. The molecule has 29 heavy (non-hydrogen) atoms. The van der Waals surface area contributed by atoms with Gasteiger partial charge in [-0.2, -0.15) is 0 Å². The van der Waals surface area contributed by atoms with Crippen molar-refractivity contribution in [3.05, 3.63) is 82.9 Å². The lowest BCUT2D eigenvalue weighted by Gasteiger charge is -2.13. The van der Waals surface area contributed by atoms with E-state index >= 15 is 0 Å². The minimum absolute atomic E-state index is 0.0336. The lowest BCUT2D eigenvalue weighted by Crippen LogP contribution is -2.17. The lowest BCUT2D eigenvalue weighted by atomic mass is 10.1. The van der Waals surface area contributed by atoms with Crippen LogP contribution in [0.5, 0.6) is 11.5 Å². The second-order valence-corrected chi connectivity index (χ2v) is 8.44. The number of halogens is 1. The number of ether oxygens (including phenoxy) is 1. The van der Waals surface area contributed by atoms with Gasteiger partial charge >= 0.3 is 0 Å². The third-order valence-corrected chi connectivity index (χ3v) is 5.21. The molecule has 0 unspecified atom stereocenters. The molecule has 0 bridgehead atoms. The SMILES string of the molecule is Cc1ccc(CC(=O)Nc2ccc(Oc3cccc(Cl)c3)c(S(N)(=O)=O)c2)cc1. The number of amides is 1. The first-order chi connectivity index (χ1) is 13.7. The van der Waals surface area contributed by atoms with Gasteiger partial charge in [-0.15, -0.1) is 0 Å². The van der Waals surface area contributed by atoms with E-state index in [4.69, 9.17) is 21.5 Å². The minimum atomic E-state index is -4.09. The molecule has 3 N–H and O–H groups in total. The van der Waals surface area contributed by atoms with Crippen LogP contribution < -0.4 is 15.2 Å². The molecule has 0 heterocycles. The maximum Gasteiger partial charge on any atom is 0.241 e. The van der Waals surface area contributed by atoms with Crippen LogP contribution in [-0.2, 0) is 21.2 Å². The van der Waals surface area contributed by atoms with Crippen molar-refractivity contribution in [3.63, 3.8) is 0 Å². The summed E-state index contributed by atoms with van der Waals surface area (Å²) in [6, 6.07) is 18.3. The zero-order valence-corrected chi connectivity index (χ0v) is 17.1. The summed E-state index contributed by atoms with van der Waals surface area (Å²) in [6.07, 6.45) is 0.158. The highest BCUT2D eigenvalue weighted by Gasteiger charge is 2.18. The third kappa shape index (κ3) is 5.80. The summed E-state index contributed by atoms with van der Waals surface area (Å²) >= 11 is 5.93. The number of carbonyl (C=O) groups is 1. The first-order valence-electron chi connectivity index (χ1n) is 8.66. The molecule has 0 aliphatic rings. The maximum atomic E-state index is 12.3. The molecule has 0 fully saturated rings. The fourth-order valence-corrected chi connectivity index (χ4v) is 3.51. The van der Waals surface area contributed by atoms with Crippen LogP contribution in [0.25, 0.3) is 0 Å². The van der Waals surface area contributed by atoms with E-state index in [2.05, 4.69) is 5.32 Å². The number of rotatable bonds is 6. The van der Waals surface area contributed by atoms with Crippen molar-refractivity contribution in [1.82, 2.24) is 0 Å². The number of primary sulfonamides is 1. The third-order valence-electron chi connectivity index (χ3n) is 4.04. The van der Waals surface area contributed by atoms with Crippen LogP contribution in [0.2, 0.25) is 5.02 Å². The number of aryl methyl sites for hydroxylation is 1. The molecule has 3 rings (SSSR count). The highest BCUT2D eigenvalue weighted by atomic mass is 35.5. The second-order valence-electron chi connectivity index (χ2n) is 6.48. The summed E-state index contributed by atoms with van der Waals surface area (Å²) in [4.78, 5) is 12.1. The number of benzene rings is 3. The summed E-state index contributed by atoms with van der Waals surface area (Å²) in [5, 5.41) is 8.46. The number of sulfonamides is 1. The topological polar surface area (TPSA) is 98.5 Å². The van der Waals surface area contributed by atoms with Crippen LogP contribution in [0.15, 0.2) is 71.6 Å². The summed E-state index contributed by atoms with van der Waals surface area (Å²) < 4.78 is 29.7. The highest BCUT2D eigenvalue weighted by molar-refractivity contribution is 7.89. The van der Waals surface area contributed by atoms with Gasteiger partial charge in [0, 0.05) is 10.7 Å². The number of hydrogen-bond donors (Lipinski definition) is 2. The monoisotopic (exact) mass is 430 g/mol. The maximum absolute atomic E-state index is 12.3. The number of hydrogen-bond acceptors (Lipinski definition) is 4. The van der Waals surface area contributed by atoms with Crippen LogP contribution in [0.1, 0.15) is 11.1 Å². The van der Waals surface area contributed by atoms with Crippen LogP contribution >= 0.6 is 11.6 Å². The van der Waals surface area contributed by atoms with Crippen molar-refractivity contribution >= 4 is 33.2 Å². The van der Waals surface area contributed by atoms with E-state index in [0.717, 1.165) is 11.1 Å². The van der Waals surface area contributed by atoms with Gasteiger partial charge in [-0.1, -0.05) is 47.5 Å². The van der Waals surface area contributed by atoms with Gasteiger partial charge in [0.05, 0.1) is 6.42 Å². The van der Waals surface area contributed by atoms with Crippen molar-refractivity contribution in [2.75, 3.05) is 5.32 Å². The molecule has 0 aromatic heterocycles. The predicted molar refractivity (Wildman–Crippen MR) is 113 cm³/mol. The average molecular weight is 431 g/mol. The van der Waals surface area contributed by atoms with Crippen molar-refractivity contribution < 1.29 is 17.9 Å². The van der Waals surface area contributed by atoms with E-state index in [1.807, 2.05) is 31.2 Å². The van der Waals surface area contributed by atoms with Crippen molar-refractivity contribution in [2.24, 2.45) is 5.14 Å². The number of nitrogens with one attached hydrogen (secondary N) is 1. The average Bonchev–Trinajstić information content (AvgIpc) is 2.64. The summed E-state index contributed by atoms with van der Waals surface area (Å²) in [6.45, 7) is 1.96. The van der Waals surface area contributed by atoms with Gasteiger partial charge in [0.2, 0.25) is 15.9 Å². The second kappa shape index (κ2) is 8.65. The first kappa shape index (κ1) is 20.9. The minimum Gasteiger partial charge on any atom is -0.456 e. The van der Waals surface area contributed by atoms with Gasteiger partial charge in [-0.25, -0.2) is 13.6 Å². The van der Waals surface area contributed by atoms with Crippen LogP contribution in [0.3, 0.4) is 0 Å². The van der Waals surface area contributed by atoms with Crippen LogP contribution in [0.4, 0.5) is 5.69 Å². The molecule has 150 valence electrons. The molecule has 3 aromatic carbocycles. The zero-order valence-electron chi connectivity index (χ0n) is 15.6. The Morgan fingerprint density at radius 1 is 1.07 bits per heavy atom. The van der Waals surface area contributed by atoms with Gasteiger partial charge in [-0.3, -0.25) is 4.79 Å². The normalized spacial score (nSPS) is 11.1. The Labute approximate surface area is 174 Å². The highest BCUT2D eigenvalue weighted by Crippen LogP contribution is 2.31. The quantitative estimate of drug-likeness (QED) is 0.610. The van der Waals surface area contributed by atoms with Crippen molar-refractivity contribution in [2.45, 2.75) is 18.2 Å². The fraction of sp³-hybridized carbons (Fsp3) is 0.0952. The Morgan fingerprint density at radius 3 is 2.45 bits per heavy atom. The summed E-state index contributed by atoms with van der Waals surface area (Å²) in [7, 11) is -4.09. The van der Waals surface area contributed by atoms with Gasteiger partial charge in [0.25, 0.3) is 0 Å². The Bertz CT molecular complexity index is 1150. The van der Waals surface area contributed by atoms with Crippen molar-refractivity contribution in [3.8, 4) is 11.5 Å². The van der Waals surface area contributed by atoms with E-state index in [9.17, 15) is 13.2 Å². The molecule has 0 saturated heterocycles. The molecule has 3 aromatic rings. The fourth-order valence-electron chi connectivity index (χ4n) is 2.65. The molecule has 0 aliphatic heterocycles. The molecule has 0 radical (unpaired) electrons. The molecule has 8 heteroatoms. The molecule has 0 aliphatic carbocycles. The molecule has 6 nitrogen and oxygen atoms in total. The van der Waals surface area contributed by atoms with Crippen LogP contribution in [-0.4, -0.2) is 14.3 Å². The Hall–Kier alpha value is -2.87. The molecule has 1 amide bonds. The first-order valence-corrected chi connectivity index (χ1v) is 10.6. The van der Waals surface area contributed by atoms with Gasteiger partial charge < -0.3 is 10.1 Å². The Kier molecular flexibility index (Phi) is 6.22. The molecule has 0 saturated carbocycles. The van der Waals surface area contributed by atoms with E-state index in [-0.39, 0.29) is 23.0 Å². The van der Waals surface area contributed by atoms with Crippen molar-refractivity contribution in [1.29, 1.82) is 0 Å². The molecular formula is C21H19ClN2O4S. The van der Waals surface area contributed by atoms with Gasteiger partial charge in [-0.05, 0) is 48.9 Å². The Balaban J connectivity index is 1.81. The van der Waals surface area contributed by atoms with Gasteiger partial charge in [0.1, 0.15) is 16.4 Å². The van der Waals surface area contributed by atoms with E-state index in [1.165, 1.54) is 12.1 Å². The number of anilines is 1. The predicted octanol–water partition coefficient (Wildman–Crippen LogP) is 4.27. The Morgan fingerprint density at radius 2 is 1.79 bits per heavy atom. The summed E-state index contributed by atoms with van der Waals surface area (Å²) in [5.41, 5.74) is 2.24. The van der Waals surface area contributed by atoms with E-state index in [1.54, 1.807) is 30.3 Å². The van der Waals surface area contributed by atoms with Crippen LogP contribution in [0, 0.1) is 6.92 Å². The standard InChI is InChI=1S/C21H19ClN2O4S/c1-14-5-7-15(8-6-14)11-21(25)24-17-9-10-19(20(13-17)29(23,26)27)28-18-4-2-3-16(22)12-18/h2-10,12-13H,11H2,1H3,(H,24,25)(H2,23,26,27). The summed E-state index contributed by atoms with van der Waals surface area (Å²) in [5.74, 6) is 0.114. The van der Waals surface area contributed by atoms with Gasteiger partial charge in [0.15, 0.2) is 0 Å². The molecular weight excluding hydrogens is 412 g/mol. The smallest absolute Gasteiger partial charge is 0.241 e. The van der Waals surface area contributed by atoms with E-state index in [0.29, 0.717) is 16.5 Å². The molecule has 0 atom stereocenters.